The van der Waals surface area contributed by atoms with Crippen molar-refractivity contribution in [2.24, 2.45) is 0 Å². The molecule has 0 bridgehead atoms. The third kappa shape index (κ3) is 2.32. The first-order valence-electron chi connectivity index (χ1n) is 7.25. The molecule has 0 radical (unpaired) electrons. The zero-order chi connectivity index (χ0) is 14.9. The second-order valence-corrected chi connectivity index (χ2v) is 6.43. The van der Waals surface area contributed by atoms with Crippen LogP contribution in [-0.2, 0) is 0 Å². The standard InChI is InChI=1S/C20H15NS/c21-19-10-4-6-14-13-18-15(12-17(14)19)7-5-11-20(18)22-16-8-2-1-3-9-16/h1-13H,21H2. The van der Waals surface area contributed by atoms with Crippen molar-refractivity contribution in [2.75, 3.05) is 5.73 Å². The third-order valence-corrected chi connectivity index (χ3v) is 4.93. The number of nitrogens with two attached hydrogens (primary N) is 1. The van der Waals surface area contributed by atoms with Crippen LogP contribution < -0.4 is 5.73 Å². The molecule has 4 aromatic rings. The highest BCUT2D eigenvalue weighted by molar-refractivity contribution is 7.99. The van der Waals surface area contributed by atoms with Gasteiger partial charge in [-0.05, 0) is 52.6 Å². The molecule has 0 saturated carbocycles. The van der Waals surface area contributed by atoms with Gasteiger partial charge in [-0.25, -0.2) is 0 Å². The molecule has 0 saturated heterocycles. The van der Waals surface area contributed by atoms with Crippen LogP contribution >= 0.6 is 11.8 Å². The Balaban J connectivity index is 1.92. The Hall–Kier alpha value is -2.45. The van der Waals surface area contributed by atoms with Crippen LogP contribution in [-0.4, -0.2) is 0 Å². The molecule has 0 unspecified atom stereocenters. The number of fused-ring (bicyclic) bond motifs is 2. The Bertz CT molecular complexity index is 961. The van der Waals surface area contributed by atoms with Gasteiger partial charge in [0.05, 0.1) is 0 Å². The van der Waals surface area contributed by atoms with Crippen molar-refractivity contribution < 1.29 is 0 Å². The summed E-state index contributed by atoms with van der Waals surface area (Å²) in [5.74, 6) is 0. The fraction of sp³-hybridized carbons (Fsp3) is 0. The summed E-state index contributed by atoms with van der Waals surface area (Å²) in [5, 5.41) is 4.81. The summed E-state index contributed by atoms with van der Waals surface area (Å²) in [6.45, 7) is 0. The van der Waals surface area contributed by atoms with Gasteiger partial charge in [-0.2, -0.15) is 0 Å². The molecule has 0 atom stereocenters. The summed E-state index contributed by atoms with van der Waals surface area (Å²) < 4.78 is 0. The van der Waals surface area contributed by atoms with E-state index in [1.807, 2.05) is 18.2 Å². The van der Waals surface area contributed by atoms with Crippen molar-refractivity contribution in [3.63, 3.8) is 0 Å². The molecule has 22 heavy (non-hydrogen) atoms. The molecule has 1 nitrogen and oxygen atoms in total. The molecule has 2 heteroatoms. The molecule has 0 aliphatic carbocycles. The largest absolute Gasteiger partial charge is 0.398 e. The molecule has 4 aromatic carbocycles. The average molecular weight is 301 g/mol. The van der Waals surface area contributed by atoms with E-state index >= 15 is 0 Å². The maximum Gasteiger partial charge on any atom is 0.0393 e. The highest BCUT2D eigenvalue weighted by Crippen LogP contribution is 2.36. The monoisotopic (exact) mass is 301 g/mol. The van der Waals surface area contributed by atoms with Crippen molar-refractivity contribution in [3.8, 4) is 0 Å². The first-order valence-corrected chi connectivity index (χ1v) is 8.07. The van der Waals surface area contributed by atoms with E-state index in [4.69, 9.17) is 5.73 Å². The summed E-state index contributed by atoms with van der Waals surface area (Å²) in [5.41, 5.74) is 6.94. The topological polar surface area (TPSA) is 26.0 Å². The fourth-order valence-electron chi connectivity index (χ4n) is 2.75. The van der Waals surface area contributed by atoms with Crippen LogP contribution in [0.5, 0.6) is 0 Å². The van der Waals surface area contributed by atoms with Gasteiger partial charge < -0.3 is 5.73 Å². The Labute approximate surface area is 133 Å². The van der Waals surface area contributed by atoms with E-state index in [2.05, 4.69) is 60.7 Å². The molecule has 2 N–H and O–H groups in total. The van der Waals surface area contributed by atoms with Gasteiger partial charge in [0.15, 0.2) is 0 Å². The highest BCUT2D eigenvalue weighted by Gasteiger charge is 2.06. The predicted octanol–water partition coefficient (Wildman–Crippen LogP) is 5.73. The van der Waals surface area contributed by atoms with Gasteiger partial charge in [0.25, 0.3) is 0 Å². The average Bonchev–Trinajstić information content (AvgIpc) is 2.55. The molecule has 0 fully saturated rings. The summed E-state index contributed by atoms with van der Waals surface area (Å²) in [6, 6.07) is 27.4. The summed E-state index contributed by atoms with van der Waals surface area (Å²) >= 11 is 1.80. The van der Waals surface area contributed by atoms with E-state index in [-0.39, 0.29) is 0 Å². The molecular formula is C20H15NS. The van der Waals surface area contributed by atoms with Gasteiger partial charge in [0.2, 0.25) is 0 Å². The smallest absolute Gasteiger partial charge is 0.0393 e. The van der Waals surface area contributed by atoms with Gasteiger partial charge in [-0.15, -0.1) is 0 Å². The predicted molar refractivity (Wildman–Crippen MR) is 96.4 cm³/mol. The lowest BCUT2D eigenvalue weighted by atomic mass is 10.0. The lowest BCUT2D eigenvalue weighted by Crippen LogP contribution is -1.87. The van der Waals surface area contributed by atoms with Crippen molar-refractivity contribution in [1.29, 1.82) is 0 Å². The van der Waals surface area contributed by atoms with Crippen LogP contribution in [0.15, 0.2) is 88.7 Å². The van der Waals surface area contributed by atoms with E-state index in [1.165, 1.54) is 25.9 Å². The Morgan fingerprint density at radius 3 is 2.14 bits per heavy atom. The maximum absolute atomic E-state index is 6.10. The lowest BCUT2D eigenvalue weighted by Gasteiger charge is -2.09. The van der Waals surface area contributed by atoms with Gasteiger partial charge in [0.1, 0.15) is 0 Å². The van der Waals surface area contributed by atoms with Crippen LogP contribution in [0.2, 0.25) is 0 Å². The Kier molecular flexibility index (Phi) is 3.24. The number of anilines is 1. The van der Waals surface area contributed by atoms with E-state index in [9.17, 15) is 0 Å². The quantitative estimate of drug-likeness (QED) is 0.378. The summed E-state index contributed by atoms with van der Waals surface area (Å²) in [6.07, 6.45) is 0. The number of nitrogen functional groups attached to an aromatic ring is 1. The van der Waals surface area contributed by atoms with Gasteiger partial charge >= 0.3 is 0 Å². The minimum Gasteiger partial charge on any atom is -0.398 e. The van der Waals surface area contributed by atoms with Crippen molar-refractivity contribution in [2.45, 2.75) is 9.79 Å². The lowest BCUT2D eigenvalue weighted by molar-refractivity contribution is 1.44. The maximum atomic E-state index is 6.10. The molecular weight excluding hydrogens is 286 g/mol. The molecule has 106 valence electrons. The minimum atomic E-state index is 0.834. The van der Waals surface area contributed by atoms with Crippen LogP contribution in [0.1, 0.15) is 0 Å². The molecule has 0 amide bonds. The number of hydrogen-bond acceptors (Lipinski definition) is 2. The van der Waals surface area contributed by atoms with Gasteiger partial charge in [-0.3, -0.25) is 0 Å². The normalized spacial score (nSPS) is 11.1. The minimum absolute atomic E-state index is 0.834. The molecule has 0 spiro atoms. The highest BCUT2D eigenvalue weighted by atomic mass is 32.2. The van der Waals surface area contributed by atoms with Crippen molar-refractivity contribution >= 4 is 39.0 Å². The number of rotatable bonds is 2. The summed E-state index contributed by atoms with van der Waals surface area (Å²) in [4.78, 5) is 2.52. The van der Waals surface area contributed by atoms with E-state index in [1.54, 1.807) is 11.8 Å². The van der Waals surface area contributed by atoms with E-state index in [0.29, 0.717) is 0 Å². The third-order valence-electron chi connectivity index (χ3n) is 3.84. The Morgan fingerprint density at radius 2 is 1.32 bits per heavy atom. The number of benzene rings is 4. The Morgan fingerprint density at radius 1 is 0.636 bits per heavy atom. The second kappa shape index (κ2) is 5.39. The second-order valence-electron chi connectivity index (χ2n) is 5.31. The number of hydrogen-bond donors (Lipinski definition) is 1. The van der Waals surface area contributed by atoms with Crippen molar-refractivity contribution in [1.82, 2.24) is 0 Å². The van der Waals surface area contributed by atoms with Crippen LogP contribution in [0.3, 0.4) is 0 Å². The first kappa shape index (κ1) is 13.2. The molecule has 0 heterocycles. The summed E-state index contributed by atoms with van der Waals surface area (Å²) in [7, 11) is 0. The van der Waals surface area contributed by atoms with Crippen LogP contribution in [0, 0.1) is 0 Å². The fourth-order valence-corrected chi connectivity index (χ4v) is 3.73. The van der Waals surface area contributed by atoms with Crippen molar-refractivity contribution in [3.05, 3.63) is 78.9 Å². The molecule has 0 aliphatic rings. The zero-order valence-corrected chi connectivity index (χ0v) is 12.8. The first-order chi connectivity index (χ1) is 10.8. The van der Waals surface area contributed by atoms with Gasteiger partial charge in [0, 0.05) is 20.9 Å². The van der Waals surface area contributed by atoms with Crippen LogP contribution in [0.25, 0.3) is 21.5 Å². The van der Waals surface area contributed by atoms with Gasteiger partial charge in [-0.1, -0.05) is 54.2 Å². The molecule has 4 rings (SSSR count). The molecule has 0 aliphatic heterocycles. The molecule has 0 aromatic heterocycles. The SMILES string of the molecule is Nc1cccc2cc3c(Sc4ccccc4)cccc3cc12. The van der Waals surface area contributed by atoms with Crippen LogP contribution in [0.4, 0.5) is 5.69 Å². The zero-order valence-electron chi connectivity index (χ0n) is 12.0. The van der Waals surface area contributed by atoms with E-state index < -0.39 is 0 Å². The van der Waals surface area contributed by atoms with E-state index in [0.717, 1.165) is 11.1 Å².